The fourth-order valence-corrected chi connectivity index (χ4v) is 8.52. The predicted molar refractivity (Wildman–Crippen MR) is 186 cm³/mol. The lowest BCUT2D eigenvalue weighted by Crippen LogP contribution is -1.96. The van der Waals surface area contributed by atoms with Crippen molar-refractivity contribution in [1.82, 2.24) is 9.13 Å². The average molecular weight is 565 g/mol. The first-order valence-electron chi connectivity index (χ1n) is 14.7. The van der Waals surface area contributed by atoms with Crippen LogP contribution in [-0.2, 0) is 0 Å². The maximum Gasteiger partial charge on any atom is 0.0633 e. The molecule has 0 atom stereocenters. The lowest BCUT2D eigenvalue weighted by molar-refractivity contribution is 1.17. The summed E-state index contributed by atoms with van der Waals surface area (Å²) in [6.07, 6.45) is 0. The monoisotopic (exact) mass is 564 g/mol. The maximum absolute atomic E-state index is 2.48. The second kappa shape index (κ2) is 8.57. The van der Waals surface area contributed by atoms with Crippen molar-refractivity contribution in [3.63, 3.8) is 0 Å². The number of nitrogens with zero attached hydrogens (tertiary/aromatic N) is 2. The molecule has 0 aliphatic carbocycles. The van der Waals surface area contributed by atoms with Crippen molar-refractivity contribution < 1.29 is 0 Å². The van der Waals surface area contributed by atoms with Crippen LogP contribution in [0.1, 0.15) is 0 Å². The zero-order valence-corrected chi connectivity index (χ0v) is 24.0. The molecule has 0 aliphatic rings. The molecule has 3 aromatic heterocycles. The Kier molecular flexibility index (Phi) is 4.63. The summed E-state index contributed by atoms with van der Waals surface area (Å²) in [5.74, 6) is 0. The van der Waals surface area contributed by atoms with Gasteiger partial charge in [0, 0.05) is 58.5 Å². The Bertz CT molecular complexity index is 2670. The van der Waals surface area contributed by atoms with E-state index < -0.39 is 0 Å². The van der Waals surface area contributed by atoms with Crippen LogP contribution in [0, 0.1) is 0 Å². The molecule has 3 heterocycles. The quantitative estimate of drug-likeness (QED) is 0.198. The molecule has 0 fully saturated rings. The summed E-state index contributed by atoms with van der Waals surface area (Å²) in [7, 11) is 0. The summed E-state index contributed by atoms with van der Waals surface area (Å²) in [6, 6.07) is 53.3. The zero-order valence-electron chi connectivity index (χ0n) is 23.2. The summed E-state index contributed by atoms with van der Waals surface area (Å²) >= 11 is 1.91. The Morgan fingerprint density at radius 1 is 0.395 bits per heavy atom. The average Bonchev–Trinajstić information content (AvgIpc) is 3.72. The van der Waals surface area contributed by atoms with E-state index in [2.05, 4.69) is 155 Å². The van der Waals surface area contributed by atoms with Crippen LogP contribution in [0.15, 0.2) is 146 Å². The molecule has 0 aliphatic heterocycles. The largest absolute Gasteiger partial charge is 0.309 e. The minimum Gasteiger partial charge on any atom is -0.309 e. The number of rotatable bonds is 2. The lowest BCUT2D eigenvalue weighted by atomic mass is 10.0. The first kappa shape index (κ1) is 23.2. The Morgan fingerprint density at radius 3 is 1.79 bits per heavy atom. The number of para-hydroxylation sites is 3. The van der Waals surface area contributed by atoms with Crippen LogP contribution in [0.25, 0.3) is 85.9 Å². The van der Waals surface area contributed by atoms with Gasteiger partial charge in [-0.05, 0) is 53.9 Å². The highest BCUT2D eigenvalue weighted by atomic mass is 32.1. The summed E-state index contributed by atoms with van der Waals surface area (Å²) < 4.78 is 7.58. The highest BCUT2D eigenvalue weighted by Crippen LogP contribution is 2.44. The number of thiophene rings is 1. The third-order valence-corrected chi connectivity index (χ3v) is 10.3. The first-order chi connectivity index (χ1) is 21.3. The molecule has 10 rings (SSSR count). The fraction of sp³-hybridized carbons (Fsp3) is 0. The molecule has 3 heteroatoms. The molecule has 0 saturated carbocycles. The van der Waals surface area contributed by atoms with Gasteiger partial charge in [-0.2, -0.15) is 0 Å². The Hall–Kier alpha value is -5.38. The number of benzene rings is 7. The van der Waals surface area contributed by atoms with Crippen LogP contribution in [0.2, 0.25) is 0 Å². The van der Waals surface area contributed by atoms with E-state index >= 15 is 0 Å². The van der Waals surface area contributed by atoms with Gasteiger partial charge in [0.1, 0.15) is 0 Å². The van der Waals surface area contributed by atoms with Crippen molar-refractivity contribution in [2.75, 3.05) is 0 Å². The van der Waals surface area contributed by atoms with E-state index in [1.165, 1.54) is 85.9 Å². The predicted octanol–water partition coefficient (Wildman–Crippen LogP) is 11.4. The van der Waals surface area contributed by atoms with E-state index in [1.54, 1.807) is 0 Å². The van der Waals surface area contributed by atoms with Crippen molar-refractivity contribution in [2.24, 2.45) is 0 Å². The van der Waals surface area contributed by atoms with Crippen molar-refractivity contribution in [3.05, 3.63) is 146 Å². The summed E-state index contributed by atoms with van der Waals surface area (Å²) in [4.78, 5) is 0. The van der Waals surface area contributed by atoms with E-state index in [-0.39, 0.29) is 0 Å². The Morgan fingerprint density at radius 2 is 1.02 bits per heavy atom. The van der Waals surface area contributed by atoms with E-state index in [0.29, 0.717) is 0 Å². The molecule has 200 valence electrons. The molecule has 0 saturated heterocycles. The number of hydrogen-bond acceptors (Lipinski definition) is 1. The molecule has 0 radical (unpaired) electrons. The van der Waals surface area contributed by atoms with Crippen LogP contribution < -0.4 is 0 Å². The SMILES string of the molecule is c1ccc(-n2c3ccc(-n4c5ccccc5c5ccccc54)cc3c3ccc4ccc5c6ccccc6sc5c4c32)cc1. The highest BCUT2D eigenvalue weighted by Gasteiger charge is 2.20. The van der Waals surface area contributed by atoms with Gasteiger partial charge in [0.2, 0.25) is 0 Å². The zero-order chi connectivity index (χ0) is 28.1. The van der Waals surface area contributed by atoms with Gasteiger partial charge in [-0.1, -0.05) is 97.1 Å². The smallest absolute Gasteiger partial charge is 0.0633 e. The molecule has 10 aromatic rings. The number of hydrogen-bond donors (Lipinski definition) is 0. The van der Waals surface area contributed by atoms with Gasteiger partial charge in [-0.15, -0.1) is 11.3 Å². The third-order valence-electron chi connectivity index (χ3n) is 9.09. The minimum absolute atomic E-state index is 1.18. The Balaban J connectivity index is 1.38. The molecule has 0 bridgehead atoms. The van der Waals surface area contributed by atoms with Crippen molar-refractivity contribution in [3.8, 4) is 11.4 Å². The van der Waals surface area contributed by atoms with Crippen molar-refractivity contribution in [2.45, 2.75) is 0 Å². The molecule has 43 heavy (non-hydrogen) atoms. The summed E-state index contributed by atoms with van der Waals surface area (Å²) in [5.41, 5.74) is 7.31. The standard InChI is InChI=1S/C40H24N2S/c1-2-10-26(11-3-1)42-36-23-20-27(41-34-15-7-4-12-28(34)29-13-5-8-16-35(29)41)24-33(36)31-21-18-25-19-22-32-30-14-6-9-17-37(30)43-40(32)38(25)39(31)42/h1-24H. The maximum atomic E-state index is 2.48. The van der Waals surface area contributed by atoms with Crippen LogP contribution in [0.3, 0.4) is 0 Å². The normalized spacial score (nSPS) is 12.2. The van der Waals surface area contributed by atoms with Gasteiger partial charge in [-0.25, -0.2) is 0 Å². The van der Waals surface area contributed by atoms with Crippen LogP contribution in [0.4, 0.5) is 0 Å². The van der Waals surface area contributed by atoms with Crippen LogP contribution in [0.5, 0.6) is 0 Å². The highest BCUT2D eigenvalue weighted by molar-refractivity contribution is 7.26. The van der Waals surface area contributed by atoms with Crippen molar-refractivity contribution >= 4 is 85.9 Å². The van der Waals surface area contributed by atoms with Gasteiger partial charge in [0.25, 0.3) is 0 Å². The minimum atomic E-state index is 1.18. The molecular formula is C40H24N2S. The second-order valence-corrected chi connectivity index (χ2v) is 12.4. The summed E-state index contributed by atoms with van der Waals surface area (Å²) in [6.45, 7) is 0. The van der Waals surface area contributed by atoms with E-state index in [4.69, 9.17) is 0 Å². The molecule has 0 unspecified atom stereocenters. The summed E-state index contributed by atoms with van der Waals surface area (Å²) in [5, 5.41) is 10.4. The van der Waals surface area contributed by atoms with Crippen LogP contribution >= 0.6 is 11.3 Å². The molecule has 0 amide bonds. The fourth-order valence-electron chi connectivity index (χ4n) is 7.26. The lowest BCUT2D eigenvalue weighted by Gasteiger charge is -2.11. The van der Waals surface area contributed by atoms with Crippen molar-refractivity contribution in [1.29, 1.82) is 0 Å². The van der Waals surface area contributed by atoms with Gasteiger partial charge >= 0.3 is 0 Å². The van der Waals surface area contributed by atoms with Gasteiger partial charge in [0.05, 0.1) is 22.1 Å². The molecular weight excluding hydrogens is 541 g/mol. The molecule has 0 N–H and O–H groups in total. The van der Waals surface area contributed by atoms with E-state index in [0.717, 1.165) is 0 Å². The first-order valence-corrected chi connectivity index (χ1v) is 15.5. The topological polar surface area (TPSA) is 9.86 Å². The van der Waals surface area contributed by atoms with E-state index in [9.17, 15) is 0 Å². The second-order valence-electron chi connectivity index (χ2n) is 11.3. The van der Waals surface area contributed by atoms with Gasteiger partial charge < -0.3 is 9.13 Å². The molecule has 0 spiro atoms. The Labute approximate surface area is 251 Å². The third kappa shape index (κ3) is 3.12. The number of fused-ring (bicyclic) bond motifs is 12. The van der Waals surface area contributed by atoms with E-state index in [1.807, 2.05) is 11.3 Å². The molecule has 2 nitrogen and oxygen atoms in total. The molecule has 7 aromatic carbocycles. The van der Waals surface area contributed by atoms with Gasteiger partial charge in [0.15, 0.2) is 0 Å². The van der Waals surface area contributed by atoms with Crippen LogP contribution in [-0.4, -0.2) is 9.13 Å². The number of aromatic nitrogens is 2. The van der Waals surface area contributed by atoms with Gasteiger partial charge in [-0.3, -0.25) is 0 Å².